The van der Waals surface area contributed by atoms with Gasteiger partial charge >= 0.3 is 0 Å². The number of aromatic nitrogens is 1. The Labute approximate surface area is 173 Å². The summed E-state index contributed by atoms with van der Waals surface area (Å²) in [5, 5.41) is 4.34. The molecule has 0 amide bonds. The van der Waals surface area contributed by atoms with E-state index in [9.17, 15) is 8.78 Å². The van der Waals surface area contributed by atoms with Gasteiger partial charge in [0, 0.05) is 12.0 Å². The number of nitrogens with zero attached hydrogens (tertiary/aromatic N) is 2. The zero-order valence-corrected chi connectivity index (χ0v) is 19.1. The lowest BCUT2D eigenvalue weighted by atomic mass is 10.1. The van der Waals surface area contributed by atoms with E-state index in [0.717, 1.165) is 35.9 Å². The van der Waals surface area contributed by atoms with E-state index in [1.54, 1.807) is 31.3 Å². The molecular weight excluding hydrogens is 378 g/mol. The first-order valence-corrected chi connectivity index (χ1v) is 10.9. The molecule has 1 aromatic rings. The van der Waals surface area contributed by atoms with Crippen LogP contribution in [0.1, 0.15) is 52.3 Å². The molecule has 1 fully saturated rings. The largest absolute Gasteiger partial charge is 0.383 e. The molecule has 3 N–H and O–H groups in total. The van der Waals surface area contributed by atoms with Crippen LogP contribution in [0.5, 0.6) is 0 Å². The molecule has 0 radical (unpaired) electrons. The Morgan fingerprint density at radius 3 is 2.43 bits per heavy atom. The minimum atomic E-state index is -0.337. The van der Waals surface area contributed by atoms with Crippen molar-refractivity contribution in [1.82, 2.24) is 9.88 Å². The zero-order chi connectivity index (χ0) is 21.5. The number of nitrogens with two attached hydrogens (primary N) is 1. The van der Waals surface area contributed by atoms with Gasteiger partial charge in [0.25, 0.3) is 0 Å². The third-order valence-electron chi connectivity index (χ3n) is 4.34. The number of likely N-dealkylation sites (tertiary alicyclic amines) is 1. The third kappa shape index (κ3) is 10.2. The van der Waals surface area contributed by atoms with E-state index in [-0.39, 0.29) is 18.4 Å². The molecule has 0 spiro atoms. The number of anilines is 2. The van der Waals surface area contributed by atoms with Crippen molar-refractivity contribution in [3.8, 4) is 0 Å². The Bertz CT molecular complexity index is 579. The molecule has 4 nitrogen and oxygen atoms in total. The molecule has 1 aliphatic rings. The zero-order valence-electron chi connectivity index (χ0n) is 18.3. The first-order valence-electron chi connectivity index (χ1n) is 10.1. The van der Waals surface area contributed by atoms with E-state index >= 15 is 0 Å². The van der Waals surface area contributed by atoms with Crippen LogP contribution in [0, 0.1) is 5.92 Å². The second-order valence-electron chi connectivity index (χ2n) is 6.55. The maximum atomic E-state index is 13.5. The normalized spacial score (nSPS) is 16.8. The van der Waals surface area contributed by atoms with Crippen LogP contribution in [0.15, 0.2) is 24.1 Å². The lowest BCUT2D eigenvalue weighted by Gasteiger charge is -2.29. The predicted octanol–water partition coefficient (Wildman–Crippen LogP) is 5.84. The van der Waals surface area contributed by atoms with Gasteiger partial charge in [0.1, 0.15) is 12.5 Å². The van der Waals surface area contributed by atoms with Crippen molar-refractivity contribution < 1.29 is 8.78 Å². The highest BCUT2D eigenvalue weighted by molar-refractivity contribution is 7.16. The number of thiazole rings is 1. The predicted molar refractivity (Wildman–Crippen MR) is 121 cm³/mol. The first kappa shape index (κ1) is 26.5. The van der Waals surface area contributed by atoms with Crippen molar-refractivity contribution >= 4 is 22.3 Å². The minimum Gasteiger partial charge on any atom is -0.383 e. The second kappa shape index (κ2) is 15.5. The number of nitrogens with one attached hydrogen (secondary N) is 1. The van der Waals surface area contributed by atoms with E-state index < -0.39 is 0 Å². The van der Waals surface area contributed by atoms with Gasteiger partial charge in [0.2, 0.25) is 0 Å². The molecule has 0 bridgehead atoms. The number of hydrogen-bond donors (Lipinski definition) is 2. The number of allylic oxidation sites excluding steroid dienone is 4. The third-order valence-corrected chi connectivity index (χ3v) is 5.36. The average molecular weight is 417 g/mol. The maximum Gasteiger partial charge on any atom is 0.185 e. The Morgan fingerprint density at radius 2 is 1.96 bits per heavy atom. The van der Waals surface area contributed by atoms with Crippen molar-refractivity contribution in [3.63, 3.8) is 0 Å². The number of halogens is 2. The number of rotatable bonds is 6. The lowest BCUT2D eigenvalue weighted by Crippen LogP contribution is -2.36. The van der Waals surface area contributed by atoms with Gasteiger partial charge in [0.05, 0.1) is 10.7 Å². The summed E-state index contributed by atoms with van der Waals surface area (Å²) in [6.07, 6.45) is 7.50. The molecule has 1 aliphatic heterocycles. The summed E-state index contributed by atoms with van der Waals surface area (Å²) in [6, 6.07) is 0.462. The van der Waals surface area contributed by atoms with Crippen LogP contribution < -0.4 is 11.1 Å². The van der Waals surface area contributed by atoms with Crippen molar-refractivity contribution in [2.45, 2.75) is 59.9 Å². The van der Waals surface area contributed by atoms with Gasteiger partial charge in [0.15, 0.2) is 5.13 Å². The summed E-state index contributed by atoms with van der Waals surface area (Å²) in [7, 11) is 2.15. The minimum absolute atomic E-state index is 0.0902. The van der Waals surface area contributed by atoms with Crippen molar-refractivity contribution in [2.24, 2.45) is 5.92 Å². The molecular formula is C21H38F2N4S. The molecule has 2 rings (SSSR count). The van der Waals surface area contributed by atoms with Gasteiger partial charge in [-0.25, -0.2) is 13.8 Å². The van der Waals surface area contributed by atoms with E-state index in [2.05, 4.69) is 22.2 Å². The Balaban J connectivity index is 0.000000906. The second-order valence-corrected chi connectivity index (χ2v) is 7.64. The van der Waals surface area contributed by atoms with Crippen LogP contribution in [0.25, 0.3) is 0 Å². The highest BCUT2D eigenvalue weighted by atomic mass is 32.1. The molecule has 7 heteroatoms. The van der Waals surface area contributed by atoms with Crippen LogP contribution >= 0.6 is 11.3 Å². The quantitative estimate of drug-likeness (QED) is 0.572. The SMILES string of the molecule is C/C=C(/F)C(C)Cc1sc(NC2CCN(C)CC2)nc1N.C/C=C\CF.CC. The van der Waals surface area contributed by atoms with Gasteiger partial charge in [-0.3, -0.25) is 0 Å². The highest BCUT2D eigenvalue weighted by Gasteiger charge is 2.19. The van der Waals surface area contributed by atoms with Crippen molar-refractivity contribution in [2.75, 3.05) is 37.9 Å². The molecule has 0 aliphatic carbocycles. The fourth-order valence-corrected chi connectivity index (χ4v) is 3.73. The molecule has 28 heavy (non-hydrogen) atoms. The van der Waals surface area contributed by atoms with Gasteiger partial charge in [-0.1, -0.05) is 50.3 Å². The molecule has 2 heterocycles. The molecule has 162 valence electrons. The number of alkyl halides is 1. The fraction of sp³-hybridized carbons (Fsp3) is 0.667. The molecule has 0 saturated carbocycles. The van der Waals surface area contributed by atoms with Gasteiger partial charge in [-0.15, -0.1) is 0 Å². The summed E-state index contributed by atoms with van der Waals surface area (Å²) in [5.41, 5.74) is 5.97. The maximum absolute atomic E-state index is 13.5. The summed E-state index contributed by atoms with van der Waals surface area (Å²) < 4.78 is 24.4. The lowest BCUT2D eigenvalue weighted by molar-refractivity contribution is 0.264. The summed E-state index contributed by atoms with van der Waals surface area (Å²) in [6.45, 7) is 11.3. The van der Waals surface area contributed by atoms with Crippen LogP contribution in [-0.2, 0) is 6.42 Å². The standard InChI is InChI=1S/C15H25FN4S.C4H7F.C2H6/c1-4-12(16)10(2)9-13-14(17)19-15(21-13)18-11-5-7-20(3)8-6-11;1-2-3-4-5;1-2/h4,10-11H,5-9,17H2,1-3H3,(H,18,19);2-3H,4H2,1H3;1-2H3/b12-4+;3-2-;. The molecule has 1 atom stereocenters. The molecule has 0 aromatic carbocycles. The summed E-state index contributed by atoms with van der Waals surface area (Å²) in [5.74, 6) is 0.299. The summed E-state index contributed by atoms with van der Waals surface area (Å²) >= 11 is 1.56. The van der Waals surface area contributed by atoms with Gasteiger partial charge in [-0.05, 0) is 53.2 Å². The fourth-order valence-electron chi connectivity index (χ4n) is 2.65. The molecule has 1 saturated heterocycles. The molecule has 1 unspecified atom stereocenters. The van der Waals surface area contributed by atoms with E-state index in [0.29, 0.717) is 18.3 Å². The average Bonchev–Trinajstić information content (AvgIpc) is 3.04. The highest BCUT2D eigenvalue weighted by Crippen LogP contribution is 2.30. The van der Waals surface area contributed by atoms with Crippen molar-refractivity contribution in [1.29, 1.82) is 0 Å². The Hall–Kier alpha value is -1.47. The van der Waals surface area contributed by atoms with Gasteiger partial charge in [-0.2, -0.15) is 0 Å². The van der Waals surface area contributed by atoms with E-state index in [1.807, 2.05) is 20.8 Å². The van der Waals surface area contributed by atoms with Gasteiger partial charge < -0.3 is 16.0 Å². The van der Waals surface area contributed by atoms with Crippen molar-refractivity contribution in [3.05, 3.63) is 28.9 Å². The Kier molecular flexibility index (Phi) is 14.6. The van der Waals surface area contributed by atoms with E-state index in [1.165, 1.54) is 12.2 Å². The molecule has 1 aromatic heterocycles. The van der Waals surface area contributed by atoms with Crippen LogP contribution in [0.4, 0.5) is 19.7 Å². The van der Waals surface area contributed by atoms with Crippen LogP contribution in [-0.4, -0.2) is 42.7 Å². The number of hydrogen-bond acceptors (Lipinski definition) is 5. The van der Waals surface area contributed by atoms with Crippen LogP contribution in [0.3, 0.4) is 0 Å². The first-order chi connectivity index (χ1) is 13.4. The van der Waals surface area contributed by atoms with Crippen LogP contribution in [0.2, 0.25) is 0 Å². The summed E-state index contributed by atoms with van der Waals surface area (Å²) in [4.78, 5) is 7.69. The smallest absolute Gasteiger partial charge is 0.185 e. The number of nitrogen functional groups attached to an aromatic ring is 1. The topological polar surface area (TPSA) is 54.2 Å². The number of piperidine rings is 1. The van der Waals surface area contributed by atoms with E-state index in [4.69, 9.17) is 5.73 Å². The monoisotopic (exact) mass is 416 g/mol. The Morgan fingerprint density at radius 1 is 1.36 bits per heavy atom.